The number of carbonyl (C=O) groups is 1. The number of likely N-dealkylation sites (tertiary alicyclic amines) is 2. The highest BCUT2D eigenvalue weighted by Crippen LogP contribution is 2.32. The van der Waals surface area contributed by atoms with Gasteiger partial charge in [0, 0.05) is 30.6 Å². The van der Waals surface area contributed by atoms with Crippen LogP contribution in [-0.4, -0.2) is 45.9 Å². The molecule has 4 rings (SSSR count). The molecule has 24 heavy (non-hydrogen) atoms. The Kier molecular flexibility index (Phi) is 4.63. The Hall–Kier alpha value is -1.72. The Labute approximate surface area is 147 Å². The van der Waals surface area contributed by atoms with Crippen LogP contribution in [-0.2, 0) is 6.54 Å². The van der Waals surface area contributed by atoms with Crippen molar-refractivity contribution in [2.24, 2.45) is 0 Å². The molecule has 0 saturated carbocycles. The Morgan fingerprint density at radius 3 is 2.71 bits per heavy atom. The number of nitrogens with zero attached hydrogens (tertiary/aromatic N) is 3. The van der Waals surface area contributed by atoms with Crippen LogP contribution in [0.5, 0.6) is 0 Å². The zero-order chi connectivity index (χ0) is 16.4. The van der Waals surface area contributed by atoms with E-state index >= 15 is 0 Å². The fourth-order valence-electron chi connectivity index (χ4n) is 4.21. The molecule has 0 N–H and O–H groups in total. The van der Waals surface area contributed by atoms with Gasteiger partial charge < -0.3 is 4.90 Å². The van der Waals surface area contributed by atoms with Crippen molar-refractivity contribution in [3.8, 4) is 0 Å². The van der Waals surface area contributed by atoms with E-state index in [1.54, 1.807) is 5.51 Å². The minimum absolute atomic E-state index is 0.116. The number of rotatable bonds is 4. The van der Waals surface area contributed by atoms with Crippen LogP contribution in [0, 0.1) is 0 Å². The molecular formula is C19H23N3OS. The third kappa shape index (κ3) is 3.10. The summed E-state index contributed by atoms with van der Waals surface area (Å²) in [4.78, 5) is 21.7. The van der Waals surface area contributed by atoms with Gasteiger partial charge in [-0.1, -0.05) is 30.3 Å². The average Bonchev–Trinajstić information content (AvgIpc) is 3.36. The number of hydrogen-bond acceptors (Lipinski definition) is 4. The number of amides is 1. The highest BCUT2D eigenvalue weighted by Gasteiger charge is 2.40. The molecule has 4 nitrogen and oxygen atoms in total. The summed E-state index contributed by atoms with van der Waals surface area (Å²) in [5.74, 6) is 0.116. The van der Waals surface area contributed by atoms with Crippen molar-refractivity contribution < 1.29 is 4.79 Å². The molecule has 2 aliphatic heterocycles. The lowest BCUT2D eigenvalue weighted by atomic mass is 10.0. The van der Waals surface area contributed by atoms with Crippen molar-refractivity contribution in [1.82, 2.24) is 14.8 Å². The van der Waals surface area contributed by atoms with E-state index in [1.807, 2.05) is 5.38 Å². The van der Waals surface area contributed by atoms with Crippen LogP contribution in [0.2, 0.25) is 0 Å². The summed E-state index contributed by atoms with van der Waals surface area (Å²) in [5, 5.41) is 1.87. The number of aromatic nitrogens is 1. The summed E-state index contributed by atoms with van der Waals surface area (Å²) < 4.78 is 0. The highest BCUT2D eigenvalue weighted by atomic mass is 32.1. The van der Waals surface area contributed by atoms with Crippen molar-refractivity contribution in [2.45, 2.75) is 44.3 Å². The predicted molar refractivity (Wildman–Crippen MR) is 96.0 cm³/mol. The Morgan fingerprint density at radius 1 is 1.12 bits per heavy atom. The van der Waals surface area contributed by atoms with Gasteiger partial charge in [-0.15, -0.1) is 11.3 Å². The maximum atomic E-state index is 12.8. The van der Waals surface area contributed by atoms with Crippen molar-refractivity contribution in [2.75, 3.05) is 13.1 Å². The summed E-state index contributed by atoms with van der Waals surface area (Å²) in [6, 6.07) is 11.5. The quantitative estimate of drug-likeness (QED) is 0.855. The monoisotopic (exact) mass is 341 g/mol. The number of thiazole rings is 1. The van der Waals surface area contributed by atoms with E-state index in [1.165, 1.54) is 29.7 Å². The van der Waals surface area contributed by atoms with Gasteiger partial charge in [-0.2, -0.15) is 0 Å². The van der Waals surface area contributed by atoms with Gasteiger partial charge in [0.2, 0.25) is 0 Å². The first-order valence-corrected chi connectivity index (χ1v) is 9.74. The van der Waals surface area contributed by atoms with E-state index in [0.717, 1.165) is 32.5 Å². The van der Waals surface area contributed by atoms with Crippen LogP contribution < -0.4 is 0 Å². The first kappa shape index (κ1) is 15.8. The van der Waals surface area contributed by atoms with Gasteiger partial charge in [-0.25, -0.2) is 4.98 Å². The molecule has 1 aromatic carbocycles. The smallest absolute Gasteiger partial charge is 0.273 e. The van der Waals surface area contributed by atoms with E-state index < -0.39 is 0 Å². The van der Waals surface area contributed by atoms with Gasteiger partial charge in [0.25, 0.3) is 5.91 Å². The van der Waals surface area contributed by atoms with Crippen LogP contribution in [0.1, 0.15) is 41.7 Å². The molecular weight excluding hydrogens is 318 g/mol. The minimum Gasteiger partial charge on any atom is -0.333 e. The van der Waals surface area contributed by atoms with E-state index in [2.05, 4.69) is 45.1 Å². The van der Waals surface area contributed by atoms with Gasteiger partial charge in [0.1, 0.15) is 5.69 Å². The van der Waals surface area contributed by atoms with Crippen LogP contribution in [0.15, 0.2) is 41.2 Å². The lowest BCUT2D eigenvalue weighted by molar-refractivity contribution is 0.0634. The second kappa shape index (κ2) is 7.03. The second-order valence-corrected chi connectivity index (χ2v) is 7.47. The van der Waals surface area contributed by atoms with E-state index in [9.17, 15) is 4.79 Å². The lowest BCUT2D eigenvalue weighted by Crippen LogP contribution is -2.48. The van der Waals surface area contributed by atoms with Crippen molar-refractivity contribution in [1.29, 1.82) is 0 Å². The average molecular weight is 341 g/mol. The van der Waals surface area contributed by atoms with Gasteiger partial charge in [-0.3, -0.25) is 9.69 Å². The summed E-state index contributed by atoms with van der Waals surface area (Å²) in [5.41, 5.74) is 3.72. The molecule has 2 aromatic rings. The molecule has 2 aliphatic rings. The van der Waals surface area contributed by atoms with Crippen LogP contribution in [0.4, 0.5) is 0 Å². The Morgan fingerprint density at radius 2 is 1.92 bits per heavy atom. The maximum Gasteiger partial charge on any atom is 0.273 e. The molecule has 0 spiro atoms. The number of hydrogen-bond donors (Lipinski definition) is 0. The topological polar surface area (TPSA) is 36.4 Å². The van der Waals surface area contributed by atoms with Crippen LogP contribution in [0.3, 0.4) is 0 Å². The number of benzene rings is 1. The molecule has 2 saturated heterocycles. The summed E-state index contributed by atoms with van der Waals surface area (Å²) in [6.07, 6.45) is 4.65. The van der Waals surface area contributed by atoms with Crippen LogP contribution >= 0.6 is 11.3 Å². The molecule has 2 fully saturated rings. The summed E-state index contributed by atoms with van der Waals surface area (Å²) >= 11 is 1.49. The molecule has 3 heterocycles. The molecule has 126 valence electrons. The van der Waals surface area contributed by atoms with Gasteiger partial charge in [0.05, 0.1) is 5.51 Å². The third-order valence-corrected chi connectivity index (χ3v) is 5.88. The zero-order valence-electron chi connectivity index (χ0n) is 13.8. The molecule has 1 aromatic heterocycles. The maximum absolute atomic E-state index is 12.8. The molecule has 2 atom stereocenters. The predicted octanol–water partition coefficient (Wildman–Crippen LogP) is 3.41. The molecule has 5 heteroatoms. The van der Waals surface area contributed by atoms with Gasteiger partial charge in [0.15, 0.2) is 0 Å². The van der Waals surface area contributed by atoms with Gasteiger partial charge >= 0.3 is 0 Å². The zero-order valence-corrected chi connectivity index (χ0v) is 14.6. The molecule has 0 bridgehead atoms. The molecule has 0 aliphatic carbocycles. The van der Waals surface area contributed by atoms with E-state index in [-0.39, 0.29) is 5.91 Å². The fraction of sp³-hybridized carbons (Fsp3) is 0.474. The van der Waals surface area contributed by atoms with Crippen molar-refractivity contribution >= 4 is 17.2 Å². The van der Waals surface area contributed by atoms with E-state index in [4.69, 9.17) is 0 Å². The molecule has 1 amide bonds. The SMILES string of the molecule is O=C(c1cscn1)N1CCC[C@@H]1[C@H]1CCCN1Cc1ccccc1. The normalized spacial score (nSPS) is 24.6. The first-order chi connectivity index (χ1) is 11.8. The van der Waals surface area contributed by atoms with Crippen LogP contribution in [0.25, 0.3) is 0 Å². The van der Waals surface area contributed by atoms with Crippen molar-refractivity contribution in [3.05, 3.63) is 52.5 Å². The Bertz CT molecular complexity index is 673. The molecule has 0 unspecified atom stereocenters. The van der Waals surface area contributed by atoms with Gasteiger partial charge in [-0.05, 0) is 37.8 Å². The second-order valence-electron chi connectivity index (χ2n) is 6.75. The number of carbonyl (C=O) groups excluding carboxylic acids is 1. The third-order valence-electron chi connectivity index (χ3n) is 5.30. The lowest BCUT2D eigenvalue weighted by Gasteiger charge is -2.35. The highest BCUT2D eigenvalue weighted by molar-refractivity contribution is 7.07. The summed E-state index contributed by atoms with van der Waals surface area (Å²) in [6.45, 7) is 2.99. The largest absolute Gasteiger partial charge is 0.333 e. The first-order valence-electron chi connectivity index (χ1n) is 8.80. The fourth-order valence-corrected chi connectivity index (χ4v) is 4.74. The summed E-state index contributed by atoms with van der Waals surface area (Å²) in [7, 11) is 0. The molecule has 0 radical (unpaired) electrons. The van der Waals surface area contributed by atoms with E-state index in [0.29, 0.717) is 17.8 Å². The minimum atomic E-state index is 0.116. The standard InChI is InChI=1S/C19H23N3OS/c23-19(16-13-24-14-20-16)22-11-5-9-18(22)17-8-4-10-21(17)12-15-6-2-1-3-7-15/h1-3,6-7,13-14,17-18H,4-5,8-12H2/t17-,18-/m1/s1. The Balaban J connectivity index is 1.49. The van der Waals surface area contributed by atoms with Crippen molar-refractivity contribution in [3.63, 3.8) is 0 Å².